The van der Waals surface area contributed by atoms with Gasteiger partial charge in [0, 0.05) is 6.54 Å². The SMILES string of the molecule is Cl.Fc1cccc(CCNc2c(Cl)ccc3c2CCNCC3)c1. The van der Waals surface area contributed by atoms with Crippen LogP contribution in [0, 0.1) is 5.82 Å². The van der Waals surface area contributed by atoms with Gasteiger partial charge in [-0.25, -0.2) is 4.39 Å². The molecule has 0 atom stereocenters. The lowest BCUT2D eigenvalue weighted by molar-refractivity contribution is 0.625. The molecule has 0 radical (unpaired) electrons. The molecule has 0 amide bonds. The van der Waals surface area contributed by atoms with Crippen LogP contribution >= 0.6 is 24.0 Å². The van der Waals surface area contributed by atoms with Crippen LogP contribution < -0.4 is 10.6 Å². The van der Waals surface area contributed by atoms with E-state index in [1.54, 1.807) is 12.1 Å². The van der Waals surface area contributed by atoms with Crippen molar-refractivity contribution in [1.29, 1.82) is 0 Å². The summed E-state index contributed by atoms with van der Waals surface area (Å²) in [5, 5.41) is 7.63. The molecule has 3 rings (SSSR count). The molecule has 1 heterocycles. The maximum atomic E-state index is 13.2. The van der Waals surface area contributed by atoms with Gasteiger partial charge in [0.25, 0.3) is 0 Å². The van der Waals surface area contributed by atoms with Crippen LogP contribution in [0.2, 0.25) is 5.02 Å². The smallest absolute Gasteiger partial charge is 0.123 e. The zero-order valence-corrected chi connectivity index (χ0v) is 14.4. The first-order chi connectivity index (χ1) is 10.7. The van der Waals surface area contributed by atoms with E-state index in [9.17, 15) is 4.39 Å². The molecule has 0 aliphatic carbocycles. The summed E-state index contributed by atoms with van der Waals surface area (Å²) in [6.45, 7) is 2.73. The zero-order chi connectivity index (χ0) is 15.4. The first-order valence-corrected chi connectivity index (χ1v) is 8.11. The number of anilines is 1. The average Bonchev–Trinajstić information content (AvgIpc) is 2.75. The molecule has 0 unspecified atom stereocenters. The second-order valence-electron chi connectivity index (χ2n) is 5.62. The quantitative estimate of drug-likeness (QED) is 0.857. The lowest BCUT2D eigenvalue weighted by Crippen LogP contribution is -2.16. The molecule has 2 aromatic rings. The molecule has 0 fully saturated rings. The predicted octanol–water partition coefficient (Wildman–Crippen LogP) is 4.24. The Morgan fingerprint density at radius 2 is 1.96 bits per heavy atom. The molecule has 0 saturated carbocycles. The Bertz CT molecular complexity index is 661. The van der Waals surface area contributed by atoms with Gasteiger partial charge in [-0.2, -0.15) is 0 Å². The maximum absolute atomic E-state index is 13.2. The first kappa shape index (κ1) is 18.1. The van der Waals surface area contributed by atoms with Crippen molar-refractivity contribution in [3.8, 4) is 0 Å². The Balaban J connectivity index is 0.00000192. The van der Waals surface area contributed by atoms with Gasteiger partial charge in [0.2, 0.25) is 0 Å². The monoisotopic (exact) mass is 354 g/mol. The largest absolute Gasteiger partial charge is 0.383 e. The molecule has 23 heavy (non-hydrogen) atoms. The zero-order valence-electron chi connectivity index (χ0n) is 12.9. The number of rotatable bonds is 4. The van der Waals surface area contributed by atoms with Crippen LogP contribution in [-0.4, -0.2) is 19.6 Å². The number of nitrogens with one attached hydrogen (secondary N) is 2. The standard InChI is InChI=1S/C18H20ClFN2.ClH/c19-17-5-4-14-7-9-21-10-8-16(14)18(17)22-11-6-13-2-1-3-15(20)12-13;/h1-5,12,21-22H,6-11H2;1H. The topological polar surface area (TPSA) is 24.1 Å². The predicted molar refractivity (Wildman–Crippen MR) is 97.6 cm³/mol. The van der Waals surface area contributed by atoms with E-state index in [0.717, 1.165) is 55.2 Å². The number of fused-ring (bicyclic) bond motifs is 1. The Labute approximate surface area is 147 Å². The van der Waals surface area contributed by atoms with Gasteiger partial charge >= 0.3 is 0 Å². The molecular weight excluding hydrogens is 334 g/mol. The van der Waals surface area contributed by atoms with Crippen LogP contribution in [0.3, 0.4) is 0 Å². The molecule has 0 bridgehead atoms. The van der Waals surface area contributed by atoms with E-state index >= 15 is 0 Å². The van der Waals surface area contributed by atoms with Crippen molar-refractivity contribution >= 4 is 29.7 Å². The lowest BCUT2D eigenvalue weighted by Gasteiger charge is -2.16. The van der Waals surface area contributed by atoms with Crippen LogP contribution in [-0.2, 0) is 19.3 Å². The highest BCUT2D eigenvalue weighted by atomic mass is 35.5. The minimum atomic E-state index is -0.185. The summed E-state index contributed by atoms with van der Waals surface area (Å²) in [5.74, 6) is -0.185. The second kappa shape index (κ2) is 8.53. The Morgan fingerprint density at radius 1 is 1.13 bits per heavy atom. The molecule has 2 aromatic carbocycles. The molecule has 1 aliphatic heterocycles. The Morgan fingerprint density at radius 3 is 2.78 bits per heavy atom. The second-order valence-corrected chi connectivity index (χ2v) is 6.02. The van der Waals surface area contributed by atoms with E-state index in [1.807, 2.05) is 12.1 Å². The summed E-state index contributed by atoms with van der Waals surface area (Å²) in [6, 6.07) is 10.8. The molecule has 2 N–H and O–H groups in total. The summed E-state index contributed by atoms with van der Waals surface area (Å²) in [4.78, 5) is 0. The fourth-order valence-electron chi connectivity index (χ4n) is 2.96. The van der Waals surface area contributed by atoms with Gasteiger partial charge in [-0.1, -0.05) is 29.8 Å². The molecular formula is C18H21Cl2FN2. The molecule has 124 valence electrons. The van der Waals surface area contributed by atoms with Crippen LogP contribution in [0.25, 0.3) is 0 Å². The number of benzene rings is 2. The van der Waals surface area contributed by atoms with E-state index in [1.165, 1.54) is 17.2 Å². The highest BCUT2D eigenvalue weighted by molar-refractivity contribution is 6.33. The van der Waals surface area contributed by atoms with Crippen molar-refractivity contribution in [2.24, 2.45) is 0 Å². The van der Waals surface area contributed by atoms with Crippen LogP contribution in [0.1, 0.15) is 16.7 Å². The summed E-state index contributed by atoms with van der Waals surface area (Å²) >= 11 is 6.38. The number of halogens is 3. The minimum absolute atomic E-state index is 0. The summed E-state index contributed by atoms with van der Waals surface area (Å²) in [7, 11) is 0. The third-order valence-electron chi connectivity index (χ3n) is 4.09. The fourth-order valence-corrected chi connectivity index (χ4v) is 3.20. The maximum Gasteiger partial charge on any atom is 0.123 e. The lowest BCUT2D eigenvalue weighted by atomic mass is 10.0. The summed E-state index contributed by atoms with van der Waals surface area (Å²) < 4.78 is 13.2. The van der Waals surface area contributed by atoms with Crippen molar-refractivity contribution in [3.05, 3.63) is 63.9 Å². The molecule has 0 spiro atoms. The van der Waals surface area contributed by atoms with E-state index < -0.39 is 0 Å². The number of hydrogen-bond donors (Lipinski definition) is 2. The first-order valence-electron chi connectivity index (χ1n) is 7.73. The van der Waals surface area contributed by atoms with Gasteiger partial charge < -0.3 is 10.6 Å². The van der Waals surface area contributed by atoms with Crippen molar-refractivity contribution in [2.45, 2.75) is 19.3 Å². The van der Waals surface area contributed by atoms with Gasteiger partial charge in [0.1, 0.15) is 5.82 Å². The summed E-state index contributed by atoms with van der Waals surface area (Å²) in [5.41, 5.74) is 4.71. The van der Waals surface area contributed by atoms with Crippen molar-refractivity contribution < 1.29 is 4.39 Å². The van der Waals surface area contributed by atoms with Crippen LogP contribution in [0.4, 0.5) is 10.1 Å². The van der Waals surface area contributed by atoms with Gasteiger partial charge in [0.15, 0.2) is 0 Å². The third kappa shape index (κ3) is 4.60. The highest BCUT2D eigenvalue weighted by Gasteiger charge is 2.14. The minimum Gasteiger partial charge on any atom is -0.383 e. The third-order valence-corrected chi connectivity index (χ3v) is 4.40. The van der Waals surface area contributed by atoms with Gasteiger partial charge in [0.05, 0.1) is 10.7 Å². The highest BCUT2D eigenvalue weighted by Crippen LogP contribution is 2.30. The van der Waals surface area contributed by atoms with E-state index in [-0.39, 0.29) is 18.2 Å². The Kier molecular flexibility index (Phi) is 6.70. The normalized spacial score (nSPS) is 13.7. The van der Waals surface area contributed by atoms with E-state index in [4.69, 9.17) is 11.6 Å². The van der Waals surface area contributed by atoms with E-state index in [2.05, 4.69) is 16.7 Å². The van der Waals surface area contributed by atoms with Gasteiger partial charge in [-0.05, 0) is 67.2 Å². The van der Waals surface area contributed by atoms with Gasteiger partial charge in [-0.3, -0.25) is 0 Å². The molecule has 5 heteroatoms. The Hall–Kier alpha value is -1.29. The van der Waals surface area contributed by atoms with Crippen molar-refractivity contribution in [1.82, 2.24) is 5.32 Å². The molecule has 0 saturated heterocycles. The fraction of sp³-hybridized carbons (Fsp3) is 0.333. The molecule has 1 aliphatic rings. The van der Waals surface area contributed by atoms with Gasteiger partial charge in [-0.15, -0.1) is 12.4 Å². The van der Waals surface area contributed by atoms with Crippen molar-refractivity contribution in [2.75, 3.05) is 25.0 Å². The molecule has 2 nitrogen and oxygen atoms in total. The van der Waals surface area contributed by atoms with E-state index in [0.29, 0.717) is 0 Å². The van der Waals surface area contributed by atoms with Crippen LogP contribution in [0.15, 0.2) is 36.4 Å². The summed E-state index contributed by atoms with van der Waals surface area (Å²) in [6.07, 6.45) is 2.79. The van der Waals surface area contributed by atoms with Crippen molar-refractivity contribution in [3.63, 3.8) is 0 Å². The average molecular weight is 355 g/mol. The number of hydrogen-bond acceptors (Lipinski definition) is 2. The van der Waals surface area contributed by atoms with Crippen LogP contribution in [0.5, 0.6) is 0 Å². The molecule has 0 aromatic heterocycles.